The van der Waals surface area contributed by atoms with Gasteiger partial charge in [0, 0.05) is 0 Å². The molecule has 6 aromatic carbocycles. The fraction of sp³-hybridized carbons (Fsp3) is 0.465. The van der Waals surface area contributed by atoms with Crippen LogP contribution in [0.2, 0.25) is 0 Å². The number of benzene rings is 6. The molecule has 10 nitrogen and oxygen atoms in total. The Morgan fingerprint density at radius 1 is 0.296 bits per heavy atom. The number of hydrogen-bond donors (Lipinski definition) is 0. The van der Waals surface area contributed by atoms with Gasteiger partial charge in [0.25, 0.3) is 0 Å². The highest BCUT2D eigenvalue weighted by molar-refractivity contribution is 5.97. The van der Waals surface area contributed by atoms with Gasteiger partial charge in [0.1, 0.15) is 34.5 Å². The summed E-state index contributed by atoms with van der Waals surface area (Å²) in [7, 11) is 0. The lowest BCUT2D eigenvalue weighted by Gasteiger charge is -2.12. The molecule has 81 heavy (non-hydrogen) atoms. The van der Waals surface area contributed by atoms with E-state index in [1.165, 1.54) is 203 Å². The van der Waals surface area contributed by atoms with Crippen molar-refractivity contribution in [1.82, 2.24) is 0 Å². The summed E-state index contributed by atoms with van der Waals surface area (Å²) in [5, 5.41) is 1.57. The van der Waals surface area contributed by atoms with Gasteiger partial charge in [-0.2, -0.15) is 0 Å². The molecule has 0 aliphatic carbocycles. The zero-order valence-corrected chi connectivity index (χ0v) is 48.9. The largest absolute Gasteiger partial charge is 0.494 e. The van der Waals surface area contributed by atoms with E-state index in [2.05, 4.69) is 13.8 Å². The molecule has 6 rings (SSSR count). The summed E-state index contributed by atoms with van der Waals surface area (Å²) in [6.45, 7) is 7.65. The van der Waals surface area contributed by atoms with Crippen LogP contribution in [0, 0.1) is 6.92 Å². The number of carbonyl (C=O) groups is 4. The van der Waals surface area contributed by atoms with Gasteiger partial charge in [-0.15, -0.1) is 0 Å². The number of aryl methyl sites for hydroxylation is 1. The Bertz CT molecular complexity index is 2760. The lowest BCUT2D eigenvalue weighted by molar-refractivity contribution is 0.0720. The quantitative estimate of drug-likeness (QED) is 0.0209. The van der Waals surface area contributed by atoms with Crippen LogP contribution >= 0.6 is 0 Å². The first-order valence-corrected chi connectivity index (χ1v) is 30.8. The van der Waals surface area contributed by atoms with Crippen LogP contribution in [0.3, 0.4) is 0 Å². The van der Waals surface area contributed by atoms with Gasteiger partial charge in [-0.25, -0.2) is 19.2 Å². The second-order valence-corrected chi connectivity index (χ2v) is 21.6. The molecule has 0 aromatic heterocycles. The van der Waals surface area contributed by atoms with Crippen molar-refractivity contribution in [2.24, 2.45) is 0 Å². The van der Waals surface area contributed by atoms with E-state index in [1.807, 2.05) is 19.1 Å². The summed E-state index contributed by atoms with van der Waals surface area (Å²) in [6.07, 6.45) is 36.7. The minimum atomic E-state index is -0.611. The van der Waals surface area contributed by atoms with Gasteiger partial charge in [0.15, 0.2) is 0 Å². The fourth-order valence-electron chi connectivity index (χ4n) is 9.93. The van der Waals surface area contributed by atoms with Gasteiger partial charge < -0.3 is 28.4 Å². The SMILES string of the molecule is CCCCCCCCCCCCCCCCOc1ccc(OC(=O)c2ccc(C(=O)Oc3ccc4ccc(OC(=O)c5ccc(C(=O)Oc6ccc(OCCCCCCCCCCCCCCCC)cc6)cc5)c(C)c4c3)cc2)cc1. The molecule has 6 aromatic rings. The van der Waals surface area contributed by atoms with E-state index < -0.39 is 23.9 Å². The highest BCUT2D eigenvalue weighted by atomic mass is 16.5. The molecule has 0 radical (unpaired) electrons. The highest BCUT2D eigenvalue weighted by Crippen LogP contribution is 2.32. The van der Waals surface area contributed by atoms with Crippen molar-refractivity contribution in [3.63, 3.8) is 0 Å². The third kappa shape index (κ3) is 23.6. The summed E-state index contributed by atoms with van der Waals surface area (Å²) in [5.41, 5.74) is 1.71. The van der Waals surface area contributed by atoms with Crippen molar-refractivity contribution >= 4 is 34.6 Å². The predicted octanol–water partition coefficient (Wildman–Crippen LogP) is 19.7. The van der Waals surface area contributed by atoms with E-state index in [-0.39, 0.29) is 28.0 Å². The Morgan fingerprint density at radius 2 is 0.568 bits per heavy atom. The summed E-state index contributed by atoms with van der Waals surface area (Å²) in [6, 6.07) is 34.9. The van der Waals surface area contributed by atoms with Crippen LogP contribution < -0.4 is 28.4 Å². The Balaban J connectivity index is 0.857. The second kappa shape index (κ2) is 37.1. The molecule has 0 N–H and O–H groups in total. The van der Waals surface area contributed by atoms with Crippen molar-refractivity contribution in [2.45, 2.75) is 201 Å². The molecule has 0 atom stereocenters. The van der Waals surface area contributed by atoms with E-state index >= 15 is 0 Å². The van der Waals surface area contributed by atoms with Gasteiger partial charge in [-0.05, 0) is 151 Å². The Hall–Kier alpha value is -6.94. The van der Waals surface area contributed by atoms with Crippen LogP contribution in [-0.4, -0.2) is 37.1 Å². The standard InChI is InChI=1S/C71H90O10/c1-4-6-8-10-12-14-16-18-20-22-24-26-28-30-52-76-61-43-47-63(48-44-61)78-68(72)57-32-34-59(35-33-57)70(74)80-65-42-40-56-41-51-67(55(3)66(56)54-65)81-71(75)60-38-36-58(37-39-60)69(73)79-64-49-45-62(46-50-64)77-53-31-29-27-25-23-21-19-17-15-13-11-9-7-5-2/h32-51,54H,4-31,52-53H2,1-3H3. The molecule has 0 amide bonds. The maximum atomic E-state index is 13.3. The molecule has 0 spiro atoms. The smallest absolute Gasteiger partial charge is 0.343 e. The molecule has 0 saturated heterocycles. The van der Waals surface area contributed by atoms with Crippen molar-refractivity contribution < 1.29 is 47.6 Å². The average molecular weight is 1100 g/mol. The number of hydrogen-bond acceptors (Lipinski definition) is 10. The topological polar surface area (TPSA) is 124 Å². The van der Waals surface area contributed by atoms with E-state index in [0.29, 0.717) is 36.0 Å². The molecule has 0 aliphatic rings. The number of carbonyl (C=O) groups excluding carboxylic acids is 4. The molecular formula is C71H90O10. The zero-order chi connectivity index (χ0) is 57.1. The monoisotopic (exact) mass is 1100 g/mol. The number of esters is 4. The number of rotatable bonds is 40. The van der Waals surface area contributed by atoms with Gasteiger partial charge >= 0.3 is 23.9 Å². The third-order valence-electron chi connectivity index (χ3n) is 14.9. The number of ether oxygens (including phenoxy) is 6. The molecule has 0 fully saturated rings. The third-order valence-corrected chi connectivity index (χ3v) is 14.9. The molecule has 434 valence electrons. The van der Waals surface area contributed by atoms with Gasteiger partial charge in [-0.3, -0.25) is 0 Å². The Labute approximate surface area is 483 Å². The Morgan fingerprint density at radius 3 is 0.914 bits per heavy atom. The summed E-state index contributed by atoms with van der Waals surface area (Å²) in [4.78, 5) is 52.6. The maximum absolute atomic E-state index is 13.3. The fourth-order valence-corrected chi connectivity index (χ4v) is 9.93. The predicted molar refractivity (Wildman–Crippen MR) is 326 cm³/mol. The van der Waals surface area contributed by atoms with Crippen LogP contribution in [-0.2, 0) is 0 Å². The summed E-state index contributed by atoms with van der Waals surface area (Å²) < 4.78 is 34.6. The molecule has 0 aliphatic heterocycles. The first kappa shape index (κ1) is 63.2. The summed E-state index contributed by atoms with van der Waals surface area (Å²) >= 11 is 0. The van der Waals surface area contributed by atoms with Crippen LogP contribution in [0.1, 0.15) is 241 Å². The van der Waals surface area contributed by atoms with Gasteiger partial charge in [0.2, 0.25) is 0 Å². The van der Waals surface area contributed by atoms with Crippen LogP contribution in [0.25, 0.3) is 10.8 Å². The lowest BCUT2D eigenvalue weighted by atomic mass is 10.0. The van der Waals surface area contributed by atoms with Crippen molar-refractivity contribution in [1.29, 1.82) is 0 Å². The second-order valence-electron chi connectivity index (χ2n) is 21.6. The van der Waals surface area contributed by atoms with Crippen LogP contribution in [0.5, 0.6) is 34.5 Å². The normalized spacial score (nSPS) is 11.1. The summed E-state index contributed by atoms with van der Waals surface area (Å²) in [5.74, 6) is 0.517. The van der Waals surface area contributed by atoms with E-state index in [1.54, 1.807) is 66.7 Å². The van der Waals surface area contributed by atoms with Gasteiger partial charge in [-0.1, -0.05) is 193 Å². The van der Waals surface area contributed by atoms with E-state index in [4.69, 9.17) is 28.4 Å². The zero-order valence-electron chi connectivity index (χ0n) is 48.9. The van der Waals surface area contributed by atoms with Crippen molar-refractivity contribution in [3.8, 4) is 34.5 Å². The molecular weight excluding hydrogens is 1010 g/mol. The van der Waals surface area contributed by atoms with Crippen LogP contribution in [0.15, 0.2) is 127 Å². The molecule has 0 unspecified atom stereocenters. The average Bonchev–Trinajstić information content (AvgIpc) is 3.55. The lowest BCUT2D eigenvalue weighted by Crippen LogP contribution is -2.12. The molecule has 0 saturated carbocycles. The number of fused-ring (bicyclic) bond motifs is 1. The molecule has 0 bridgehead atoms. The van der Waals surface area contributed by atoms with Crippen molar-refractivity contribution in [3.05, 3.63) is 155 Å². The van der Waals surface area contributed by atoms with Crippen LogP contribution in [0.4, 0.5) is 0 Å². The first-order valence-electron chi connectivity index (χ1n) is 30.8. The van der Waals surface area contributed by atoms with Gasteiger partial charge in [0.05, 0.1) is 35.5 Å². The van der Waals surface area contributed by atoms with E-state index in [0.717, 1.165) is 48.0 Å². The molecule has 0 heterocycles. The van der Waals surface area contributed by atoms with E-state index in [9.17, 15) is 19.2 Å². The minimum Gasteiger partial charge on any atom is -0.494 e. The maximum Gasteiger partial charge on any atom is 0.343 e. The highest BCUT2D eigenvalue weighted by Gasteiger charge is 2.17. The number of unbranched alkanes of at least 4 members (excludes halogenated alkanes) is 26. The molecule has 10 heteroatoms. The first-order chi connectivity index (χ1) is 39.7. The Kier molecular flexibility index (Phi) is 29.0. The minimum absolute atomic E-state index is 0.246. The van der Waals surface area contributed by atoms with Crippen molar-refractivity contribution in [2.75, 3.05) is 13.2 Å².